The Kier molecular flexibility index (Phi) is 5.08. The second kappa shape index (κ2) is 8.05. The summed E-state index contributed by atoms with van der Waals surface area (Å²) in [5.74, 6) is 0.144. The van der Waals surface area contributed by atoms with E-state index in [9.17, 15) is 14.4 Å². The maximum Gasteiger partial charge on any atom is 0.294 e. The lowest BCUT2D eigenvalue weighted by Gasteiger charge is -2.22. The zero-order chi connectivity index (χ0) is 21.4. The number of hydrazone groups is 1. The van der Waals surface area contributed by atoms with Gasteiger partial charge in [0.05, 0.1) is 17.4 Å². The standard InChI is InChI=1S/C21H15N3O5S2/c25-19(12-23-20(26)18(31-21(23)27)10-13-4-3-9-30-13)24-15(17-6-2-8-29-17)11-14(22-24)16-5-1-7-28-16/h1-10,15H,11-12H2/b18-10-. The molecule has 0 aliphatic carbocycles. The molecule has 0 saturated carbocycles. The van der Waals surface area contributed by atoms with Crippen molar-refractivity contribution in [2.75, 3.05) is 6.54 Å². The molecular formula is C21H15N3O5S2. The van der Waals surface area contributed by atoms with Gasteiger partial charge in [0.25, 0.3) is 17.1 Å². The van der Waals surface area contributed by atoms with Crippen LogP contribution in [0.2, 0.25) is 0 Å². The molecule has 156 valence electrons. The third-order valence-corrected chi connectivity index (χ3v) is 6.55. The Labute approximate surface area is 184 Å². The van der Waals surface area contributed by atoms with E-state index >= 15 is 0 Å². The van der Waals surface area contributed by atoms with Crippen molar-refractivity contribution >= 4 is 51.9 Å². The molecule has 3 amide bonds. The maximum atomic E-state index is 13.1. The largest absolute Gasteiger partial charge is 0.467 e. The van der Waals surface area contributed by atoms with Crippen molar-refractivity contribution in [1.82, 2.24) is 9.91 Å². The summed E-state index contributed by atoms with van der Waals surface area (Å²) in [6.45, 7) is -0.404. The van der Waals surface area contributed by atoms with Gasteiger partial charge < -0.3 is 8.83 Å². The molecule has 1 unspecified atom stereocenters. The van der Waals surface area contributed by atoms with Crippen LogP contribution in [0.3, 0.4) is 0 Å². The number of thioether (sulfide) groups is 1. The van der Waals surface area contributed by atoms with E-state index in [0.29, 0.717) is 28.6 Å². The minimum absolute atomic E-state index is 0.295. The highest BCUT2D eigenvalue weighted by atomic mass is 32.2. The van der Waals surface area contributed by atoms with Gasteiger partial charge in [0, 0.05) is 11.3 Å². The Morgan fingerprint density at radius 1 is 1.16 bits per heavy atom. The zero-order valence-corrected chi connectivity index (χ0v) is 17.6. The van der Waals surface area contributed by atoms with Gasteiger partial charge in [-0.1, -0.05) is 6.07 Å². The molecule has 3 aromatic rings. The van der Waals surface area contributed by atoms with Crippen LogP contribution in [0.15, 0.2) is 73.1 Å². The van der Waals surface area contributed by atoms with Gasteiger partial charge in [-0.25, -0.2) is 5.01 Å². The van der Waals surface area contributed by atoms with Crippen LogP contribution >= 0.6 is 23.1 Å². The van der Waals surface area contributed by atoms with E-state index < -0.39 is 29.6 Å². The summed E-state index contributed by atoms with van der Waals surface area (Å²) < 4.78 is 10.9. The summed E-state index contributed by atoms with van der Waals surface area (Å²) in [6, 6.07) is 10.2. The molecule has 3 aromatic heterocycles. The quantitative estimate of drug-likeness (QED) is 0.533. The van der Waals surface area contributed by atoms with Crippen LogP contribution in [0.5, 0.6) is 0 Å². The first-order valence-corrected chi connectivity index (χ1v) is 11.1. The Balaban J connectivity index is 1.38. The molecule has 1 saturated heterocycles. The highest BCUT2D eigenvalue weighted by molar-refractivity contribution is 8.18. The van der Waals surface area contributed by atoms with Crippen molar-refractivity contribution in [1.29, 1.82) is 0 Å². The number of amides is 3. The molecule has 1 atom stereocenters. The summed E-state index contributed by atoms with van der Waals surface area (Å²) >= 11 is 2.29. The van der Waals surface area contributed by atoms with Crippen molar-refractivity contribution in [3.05, 3.63) is 75.6 Å². The van der Waals surface area contributed by atoms with Gasteiger partial charge in [-0.05, 0) is 53.5 Å². The van der Waals surface area contributed by atoms with Gasteiger partial charge in [-0.15, -0.1) is 11.3 Å². The Morgan fingerprint density at radius 3 is 2.71 bits per heavy atom. The molecule has 5 heterocycles. The van der Waals surface area contributed by atoms with E-state index in [1.807, 2.05) is 17.5 Å². The van der Waals surface area contributed by atoms with E-state index in [0.717, 1.165) is 21.5 Å². The maximum absolute atomic E-state index is 13.1. The van der Waals surface area contributed by atoms with Crippen molar-refractivity contribution in [3.63, 3.8) is 0 Å². The fraction of sp³-hybridized carbons (Fsp3) is 0.143. The van der Waals surface area contributed by atoms with Gasteiger partial charge in [0.1, 0.15) is 29.8 Å². The monoisotopic (exact) mass is 453 g/mol. The molecule has 8 nitrogen and oxygen atoms in total. The number of carbonyl (C=O) groups is 3. The molecule has 1 fully saturated rings. The zero-order valence-electron chi connectivity index (χ0n) is 16.0. The number of imide groups is 1. The number of rotatable bonds is 5. The molecule has 10 heteroatoms. The third-order valence-electron chi connectivity index (χ3n) is 4.83. The lowest BCUT2D eigenvalue weighted by molar-refractivity contribution is -0.137. The minimum atomic E-state index is -0.485. The van der Waals surface area contributed by atoms with Gasteiger partial charge >= 0.3 is 0 Å². The fourth-order valence-corrected chi connectivity index (χ4v) is 4.94. The van der Waals surface area contributed by atoms with Crippen molar-refractivity contribution in [2.45, 2.75) is 12.5 Å². The van der Waals surface area contributed by atoms with Crippen LogP contribution in [-0.4, -0.2) is 39.2 Å². The van der Waals surface area contributed by atoms with Gasteiger partial charge in [-0.3, -0.25) is 19.3 Å². The smallest absolute Gasteiger partial charge is 0.294 e. The normalized spacial score (nSPS) is 20.2. The number of hydrogen-bond acceptors (Lipinski definition) is 8. The summed E-state index contributed by atoms with van der Waals surface area (Å²) in [7, 11) is 0. The van der Waals surface area contributed by atoms with Crippen molar-refractivity contribution in [2.24, 2.45) is 5.10 Å². The van der Waals surface area contributed by atoms with E-state index in [4.69, 9.17) is 8.83 Å². The SMILES string of the molecule is O=C1S/C(=C\c2cccs2)C(=O)N1CC(=O)N1N=C(c2ccco2)CC1c1ccco1. The predicted molar refractivity (Wildman–Crippen MR) is 115 cm³/mol. The Bertz CT molecular complexity index is 1180. The first kappa shape index (κ1) is 19.6. The highest BCUT2D eigenvalue weighted by Crippen LogP contribution is 2.36. The average molecular weight is 454 g/mol. The van der Waals surface area contributed by atoms with Crippen molar-refractivity contribution in [3.8, 4) is 0 Å². The number of furan rings is 2. The lowest BCUT2D eigenvalue weighted by atomic mass is 10.1. The predicted octanol–water partition coefficient (Wildman–Crippen LogP) is 4.35. The first-order valence-electron chi connectivity index (χ1n) is 9.36. The van der Waals surface area contributed by atoms with Crippen LogP contribution in [0.1, 0.15) is 28.9 Å². The summed E-state index contributed by atoms with van der Waals surface area (Å²) in [5.41, 5.74) is 0.589. The van der Waals surface area contributed by atoms with Crippen LogP contribution in [0.4, 0.5) is 4.79 Å². The second-order valence-electron chi connectivity index (χ2n) is 6.78. The van der Waals surface area contributed by atoms with E-state index in [-0.39, 0.29) is 0 Å². The van der Waals surface area contributed by atoms with Gasteiger partial charge in [0.2, 0.25) is 0 Å². The van der Waals surface area contributed by atoms with Crippen LogP contribution in [-0.2, 0) is 9.59 Å². The second-order valence-corrected chi connectivity index (χ2v) is 8.75. The van der Waals surface area contributed by atoms with E-state index in [1.54, 1.807) is 30.3 Å². The molecule has 2 aliphatic rings. The highest BCUT2D eigenvalue weighted by Gasteiger charge is 2.41. The molecule has 0 aromatic carbocycles. The summed E-state index contributed by atoms with van der Waals surface area (Å²) in [4.78, 5) is 40.4. The molecule has 0 radical (unpaired) electrons. The average Bonchev–Trinajstić information content (AvgIpc) is 3.57. The number of hydrogen-bond donors (Lipinski definition) is 0. The van der Waals surface area contributed by atoms with Crippen molar-refractivity contribution < 1.29 is 23.2 Å². The summed E-state index contributed by atoms with van der Waals surface area (Å²) in [6.07, 6.45) is 5.11. The van der Waals surface area contributed by atoms with Crippen LogP contribution in [0.25, 0.3) is 6.08 Å². The van der Waals surface area contributed by atoms with E-state index in [2.05, 4.69) is 5.10 Å². The fourth-order valence-electron chi connectivity index (χ4n) is 3.38. The molecule has 5 rings (SSSR count). The van der Waals surface area contributed by atoms with Crippen LogP contribution < -0.4 is 0 Å². The Hall–Kier alpha value is -3.37. The molecule has 0 spiro atoms. The van der Waals surface area contributed by atoms with Gasteiger partial charge in [-0.2, -0.15) is 5.10 Å². The molecule has 0 bridgehead atoms. The molecule has 2 aliphatic heterocycles. The topological polar surface area (TPSA) is 96.3 Å². The minimum Gasteiger partial charge on any atom is -0.467 e. The van der Waals surface area contributed by atoms with E-state index in [1.165, 1.54) is 28.9 Å². The number of nitrogens with zero attached hydrogens (tertiary/aromatic N) is 3. The Morgan fingerprint density at radius 2 is 2.00 bits per heavy atom. The molecule has 0 N–H and O–H groups in total. The molecule has 31 heavy (non-hydrogen) atoms. The molecular weight excluding hydrogens is 438 g/mol. The summed E-state index contributed by atoms with van der Waals surface area (Å²) in [5, 5.41) is 7.09. The number of carbonyl (C=O) groups excluding carboxylic acids is 3. The number of thiophene rings is 1. The first-order chi connectivity index (χ1) is 15.1. The lowest BCUT2D eigenvalue weighted by Crippen LogP contribution is -2.40. The van der Waals surface area contributed by atoms with Crippen LogP contribution in [0, 0.1) is 0 Å². The third kappa shape index (κ3) is 3.75. The van der Waals surface area contributed by atoms with Gasteiger partial charge in [0.15, 0.2) is 0 Å².